The standard InChI is InChI=1S/C20H22N4O2/c1-25-14-16-11-24(12-17-9-5-6-10-21-17)13-18(16)20-23-22-19(26-20)15-7-3-2-4-8-15/h2-10,16,18H,11-14H2,1H3/t16-,18+/m0/s1. The number of rotatable bonds is 6. The lowest BCUT2D eigenvalue weighted by molar-refractivity contribution is 0.143. The van der Waals surface area contributed by atoms with Gasteiger partial charge in [-0.25, -0.2) is 0 Å². The van der Waals surface area contributed by atoms with Gasteiger partial charge in [0.2, 0.25) is 11.8 Å². The van der Waals surface area contributed by atoms with Gasteiger partial charge >= 0.3 is 0 Å². The van der Waals surface area contributed by atoms with Gasteiger partial charge in [0.05, 0.1) is 18.2 Å². The number of likely N-dealkylation sites (tertiary alicyclic amines) is 1. The summed E-state index contributed by atoms with van der Waals surface area (Å²) in [6.45, 7) is 3.28. The zero-order valence-electron chi connectivity index (χ0n) is 14.8. The molecule has 1 fully saturated rings. The van der Waals surface area contributed by atoms with Crippen molar-refractivity contribution in [1.29, 1.82) is 0 Å². The molecule has 26 heavy (non-hydrogen) atoms. The number of benzene rings is 1. The number of hydrogen-bond acceptors (Lipinski definition) is 6. The highest BCUT2D eigenvalue weighted by molar-refractivity contribution is 5.51. The molecule has 0 amide bonds. The third-order valence-electron chi connectivity index (χ3n) is 4.79. The summed E-state index contributed by atoms with van der Waals surface area (Å²) in [5.74, 6) is 1.76. The van der Waals surface area contributed by atoms with Crippen molar-refractivity contribution in [1.82, 2.24) is 20.1 Å². The molecule has 1 saturated heterocycles. The summed E-state index contributed by atoms with van der Waals surface area (Å²) in [6.07, 6.45) is 1.83. The molecule has 0 saturated carbocycles. The molecule has 3 heterocycles. The van der Waals surface area contributed by atoms with Gasteiger partial charge in [-0.15, -0.1) is 10.2 Å². The van der Waals surface area contributed by atoms with Crippen molar-refractivity contribution in [2.75, 3.05) is 26.8 Å². The maximum Gasteiger partial charge on any atom is 0.247 e. The Labute approximate surface area is 152 Å². The van der Waals surface area contributed by atoms with Crippen molar-refractivity contribution in [2.45, 2.75) is 12.5 Å². The van der Waals surface area contributed by atoms with E-state index in [9.17, 15) is 0 Å². The molecule has 2 atom stereocenters. The smallest absolute Gasteiger partial charge is 0.247 e. The molecule has 0 bridgehead atoms. The first-order valence-electron chi connectivity index (χ1n) is 8.83. The minimum atomic E-state index is 0.170. The van der Waals surface area contributed by atoms with Crippen LogP contribution in [0.3, 0.4) is 0 Å². The van der Waals surface area contributed by atoms with Gasteiger partial charge in [0.15, 0.2) is 0 Å². The minimum Gasteiger partial charge on any atom is -0.420 e. The molecule has 6 nitrogen and oxygen atoms in total. The molecule has 134 valence electrons. The van der Waals surface area contributed by atoms with Gasteiger partial charge in [-0.3, -0.25) is 9.88 Å². The Morgan fingerprint density at radius 2 is 1.92 bits per heavy atom. The number of pyridine rings is 1. The van der Waals surface area contributed by atoms with Gasteiger partial charge in [0, 0.05) is 44.4 Å². The zero-order valence-corrected chi connectivity index (χ0v) is 14.8. The number of ether oxygens (including phenoxy) is 1. The van der Waals surface area contributed by atoms with E-state index in [1.165, 1.54) is 0 Å². The van der Waals surface area contributed by atoms with Crippen molar-refractivity contribution in [3.8, 4) is 11.5 Å². The summed E-state index contributed by atoms with van der Waals surface area (Å²) in [5, 5.41) is 8.58. The van der Waals surface area contributed by atoms with Crippen molar-refractivity contribution >= 4 is 0 Å². The lowest BCUT2D eigenvalue weighted by atomic mass is 9.97. The van der Waals surface area contributed by atoms with Crippen LogP contribution in [0.2, 0.25) is 0 Å². The predicted octanol–water partition coefficient (Wildman–Crippen LogP) is 2.99. The molecule has 0 unspecified atom stereocenters. The Kier molecular flexibility index (Phi) is 5.04. The van der Waals surface area contributed by atoms with E-state index >= 15 is 0 Å². The fourth-order valence-electron chi connectivity index (χ4n) is 3.55. The van der Waals surface area contributed by atoms with E-state index < -0.39 is 0 Å². The van der Waals surface area contributed by atoms with Crippen molar-refractivity contribution in [3.05, 3.63) is 66.3 Å². The zero-order chi connectivity index (χ0) is 17.8. The van der Waals surface area contributed by atoms with Crippen molar-refractivity contribution in [2.24, 2.45) is 5.92 Å². The lowest BCUT2D eigenvalue weighted by Crippen LogP contribution is -2.21. The predicted molar refractivity (Wildman–Crippen MR) is 97.4 cm³/mol. The average Bonchev–Trinajstić information content (AvgIpc) is 3.31. The Balaban J connectivity index is 1.51. The third kappa shape index (κ3) is 3.66. The highest BCUT2D eigenvalue weighted by Crippen LogP contribution is 2.34. The van der Waals surface area contributed by atoms with Crippen LogP contribution in [-0.2, 0) is 11.3 Å². The van der Waals surface area contributed by atoms with Gasteiger partial charge in [-0.2, -0.15) is 0 Å². The Morgan fingerprint density at radius 1 is 1.08 bits per heavy atom. The molecule has 2 aromatic heterocycles. The topological polar surface area (TPSA) is 64.3 Å². The summed E-state index contributed by atoms with van der Waals surface area (Å²) < 4.78 is 11.4. The highest BCUT2D eigenvalue weighted by atomic mass is 16.5. The normalized spacial score (nSPS) is 20.5. The monoisotopic (exact) mass is 350 g/mol. The van der Waals surface area contributed by atoms with Crippen LogP contribution >= 0.6 is 0 Å². The molecular formula is C20H22N4O2. The third-order valence-corrected chi connectivity index (χ3v) is 4.79. The van der Waals surface area contributed by atoms with Crippen LogP contribution in [0.15, 0.2) is 59.1 Å². The molecule has 0 radical (unpaired) electrons. The summed E-state index contributed by atoms with van der Waals surface area (Å²) >= 11 is 0. The largest absolute Gasteiger partial charge is 0.420 e. The van der Waals surface area contributed by atoms with Gasteiger partial charge < -0.3 is 9.15 Å². The Morgan fingerprint density at radius 3 is 2.69 bits per heavy atom. The van der Waals surface area contributed by atoms with Crippen LogP contribution in [0.1, 0.15) is 17.5 Å². The van der Waals surface area contributed by atoms with E-state index in [4.69, 9.17) is 9.15 Å². The second-order valence-corrected chi connectivity index (χ2v) is 6.65. The van der Waals surface area contributed by atoms with Crippen LogP contribution in [-0.4, -0.2) is 46.9 Å². The van der Waals surface area contributed by atoms with Crippen LogP contribution < -0.4 is 0 Å². The molecule has 1 aliphatic rings. The van der Waals surface area contributed by atoms with Gasteiger partial charge in [-0.05, 0) is 24.3 Å². The van der Waals surface area contributed by atoms with Crippen LogP contribution in [0.4, 0.5) is 0 Å². The first kappa shape index (κ1) is 16.9. The van der Waals surface area contributed by atoms with Gasteiger partial charge in [-0.1, -0.05) is 24.3 Å². The fourth-order valence-corrected chi connectivity index (χ4v) is 3.55. The number of hydrogen-bond donors (Lipinski definition) is 0. The summed E-state index contributed by atoms with van der Waals surface area (Å²) in [6, 6.07) is 15.9. The maximum atomic E-state index is 6.01. The molecule has 1 aliphatic heterocycles. The van der Waals surface area contributed by atoms with E-state index in [1.807, 2.05) is 48.7 Å². The van der Waals surface area contributed by atoms with E-state index in [-0.39, 0.29) is 5.92 Å². The SMILES string of the molecule is COC[C@@H]1CN(Cc2ccccn2)C[C@H]1c1nnc(-c2ccccc2)o1. The first-order chi connectivity index (χ1) is 12.8. The van der Waals surface area contributed by atoms with E-state index in [1.54, 1.807) is 7.11 Å². The fraction of sp³-hybridized carbons (Fsp3) is 0.350. The Hall–Kier alpha value is -2.57. The molecular weight excluding hydrogens is 328 g/mol. The summed E-state index contributed by atoms with van der Waals surface area (Å²) in [5.41, 5.74) is 2.01. The molecule has 4 rings (SSSR count). The molecule has 6 heteroatoms. The second kappa shape index (κ2) is 7.76. The van der Waals surface area contributed by atoms with Crippen molar-refractivity contribution < 1.29 is 9.15 Å². The summed E-state index contributed by atoms with van der Waals surface area (Å²) in [7, 11) is 1.74. The Bertz CT molecular complexity index is 822. The quantitative estimate of drug-likeness (QED) is 0.681. The van der Waals surface area contributed by atoms with Crippen LogP contribution in [0, 0.1) is 5.92 Å². The molecule has 0 aliphatic carbocycles. The van der Waals surface area contributed by atoms with E-state index in [0.29, 0.717) is 24.3 Å². The summed E-state index contributed by atoms with van der Waals surface area (Å²) in [4.78, 5) is 6.81. The number of nitrogens with zero attached hydrogens (tertiary/aromatic N) is 4. The first-order valence-corrected chi connectivity index (χ1v) is 8.83. The second-order valence-electron chi connectivity index (χ2n) is 6.65. The molecule has 1 aromatic carbocycles. The van der Waals surface area contributed by atoms with E-state index in [0.717, 1.165) is 30.9 Å². The molecule has 3 aromatic rings. The maximum absolute atomic E-state index is 6.01. The van der Waals surface area contributed by atoms with Crippen molar-refractivity contribution in [3.63, 3.8) is 0 Å². The van der Waals surface area contributed by atoms with Crippen LogP contribution in [0.25, 0.3) is 11.5 Å². The lowest BCUT2D eigenvalue weighted by Gasteiger charge is -2.14. The number of aromatic nitrogens is 3. The average molecular weight is 350 g/mol. The minimum absolute atomic E-state index is 0.170. The number of methoxy groups -OCH3 is 1. The van der Waals surface area contributed by atoms with Gasteiger partial charge in [0.1, 0.15) is 0 Å². The van der Waals surface area contributed by atoms with Crippen LogP contribution in [0.5, 0.6) is 0 Å². The highest BCUT2D eigenvalue weighted by Gasteiger charge is 2.37. The van der Waals surface area contributed by atoms with Gasteiger partial charge in [0.25, 0.3) is 0 Å². The van der Waals surface area contributed by atoms with E-state index in [2.05, 4.69) is 26.1 Å². The molecule has 0 spiro atoms. The molecule has 0 N–H and O–H groups in total.